The second-order valence-electron chi connectivity index (χ2n) is 6.23. The summed E-state index contributed by atoms with van der Waals surface area (Å²) in [6, 6.07) is -0.603. The van der Waals surface area contributed by atoms with Gasteiger partial charge in [0.05, 0.1) is 0 Å². The van der Waals surface area contributed by atoms with Crippen LogP contribution in [0.5, 0.6) is 0 Å². The minimum atomic E-state index is -0.839. The highest BCUT2D eigenvalue weighted by atomic mass is 16.4. The Kier molecular flexibility index (Phi) is 7.24. The van der Waals surface area contributed by atoms with E-state index in [2.05, 4.69) is 10.6 Å². The van der Waals surface area contributed by atoms with Gasteiger partial charge in [-0.2, -0.15) is 0 Å². The Morgan fingerprint density at radius 1 is 1.15 bits per heavy atom. The first kappa shape index (κ1) is 18.4. The topological polar surface area (TPSA) is 95.5 Å². The van der Waals surface area contributed by atoms with Gasteiger partial charge >= 0.3 is 5.97 Å². The Labute approximate surface area is 120 Å². The third kappa shape index (κ3) is 7.76. The summed E-state index contributed by atoms with van der Waals surface area (Å²) in [5.74, 6) is -1.20. The molecule has 0 aromatic heterocycles. The molecule has 0 rings (SSSR count). The highest BCUT2D eigenvalue weighted by molar-refractivity contribution is 5.89. The van der Waals surface area contributed by atoms with E-state index in [1.807, 2.05) is 6.92 Å². The van der Waals surface area contributed by atoms with E-state index in [-0.39, 0.29) is 24.2 Å². The van der Waals surface area contributed by atoms with Crippen LogP contribution < -0.4 is 10.6 Å². The lowest BCUT2D eigenvalue weighted by Gasteiger charge is -2.22. The first-order chi connectivity index (χ1) is 9.04. The van der Waals surface area contributed by atoms with Gasteiger partial charge in [0.25, 0.3) is 0 Å². The third-order valence-electron chi connectivity index (χ3n) is 2.90. The van der Waals surface area contributed by atoms with Crippen molar-refractivity contribution in [3.63, 3.8) is 0 Å². The number of nitrogens with one attached hydrogen (secondary N) is 2. The zero-order chi connectivity index (χ0) is 15.9. The summed E-state index contributed by atoms with van der Waals surface area (Å²) in [5.41, 5.74) is -0.538. The summed E-state index contributed by atoms with van der Waals surface area (Å²) in [6.07, 6.45) is 0.603. The molecule has 0 saturated heterocycles. The van der Waals surface area contributed by atoms with Gasteiger partial charge in [0, 0.05) is 18.4 Å². The van der Waals surface area contributed by atoms with Crippen LogP contribution in [-0.2, 0) is 14.4 Å². The SMILES string of the molecule is CC(CCC(=O)O)CNC(=O)C(C)NC(=O)C(C)(C)C. The molecule has 0 aromatic carbocycles. The van der Waals surface area contributed by atoms with E-state index in [0.717, 1.165) is 0 Å². The molecular weight excluding hydrogens is 260 g/mol. The van der Waals surface area contributed by atoms with Gasteiger partial charge in [-0.15, -0.1) is 0 Å². The number of hydrogen-bond donors (Lipinski definition) is 3. The molecule has 0 fully saturated rings. The van der Waals surface area contributed by atoms with Crippen molar-refractivity contribution in [1.82, 2.24) is 10.6 Å². The Hall–Kier alpha value is -1.59. The maximum atomic E-state index is 11.8. The third-order valence-corrected chi connectivity index (χ3v) is 2.90. The van der Waals surface area contributed by atoms with Gasteiger partial charge in [0.2, 0.25) is 11.8 Å². The van der Waals surface area contributed by atoms with Gasteiger partial charge < -0.3 is 15.7 Å². The smallest absolute Gasteiger partial charge is 0.303 e. The molecule has 6 nitrogen and oxygen atoms in total. The predicted molar refractivity (Wildman–Crippen MR) is 76.1 cm³/mol. The predicted octanol–water partition coefficient (Wildman–Crippen LogP) is 1.15. The first-order valence-electron chi connectivity index (χ1n) is 6.84. The molecule has 2 unspecified atom stereocenters. The Bertz CT molecular complexity index is 361. The molecule has 0 spiro atoms. The largest absolute Gasteiger partial charge is 0.481 e. The number of carboxylic acids is 1. The zero-order valence-electron chi connectivity index (χ0n) is 12.9. The van der Waals surface area contributed by atoms with Crippen molar-refractivity contribution in [2.75, 3.05) is 6.54 Å². The summed E-state index contributed by atoms with van der Waals surface area (Å²) in [7, 11) is 0. The number of carbonyl (C=O) groups is 3. The van der Waals surface area contributed by atoms with Gasteiger partial charge in [-0.05, 0) is 19.3 Å². The molecule has 0 radical (unpaired) electrons. The monoisotopic (exact) mass is 286 g/mol. The molecule has 0 aromatic rings. The molecule has 2 atom stereocenters. The number of carbonyl (C=O) groups excluding carboxylic acids is 2. The molecule has 0 aliphatic carbocycles. The van der Waals surface area contributed by atoms with E-state index >= 15 is 0 Å². The lowest BCUT2D eigenvalue weighted by molar-refractivity contribution is -0.137. The van der Waals surface area contributed by atoms with E-state index in [1.54, 1.807) is 27.7 Å². The van der Waals surface area contributed by atoms with E-state index in [4.69, 9.17) is 5.11 Å². The summed E-state index contributed by atoms with van der Waals surface area (Å²) in [5, 5.41) is 13.9. The Morgan fingerprint density at radius 2 is 1.70 bits per heavy atom. The average Bonchev–Trinajstić information content (AvgIpc) is 2.31. The molecule has 2 amide bonds. The lowest BCUT2D eigenvalue weighted by Crippen LogP contribution is -2.48. The van der Waals surface area contributed by atoms with Gasteiger partial charge in [-0.25, -0.2) is 0 Å². The van der Waals surface area contributed by atoms with Gasteiger partial charge in [-0.1, -0.05) is 27.7 Å². The van der Waals surface area contributed by atoms with E-state index < -0.39 is 17.4 Å². The van der Waals surface area contributed by atoms with Gasteiger partial charge in [0.1, 0.15) is 6.04 Å². The summed E-state index contributed by atoms with van der Waals surface area (Å²) in [4.78, 5) is 34.0. The first-order valence-corrected chi connectivity index (χ1v) is 6.84. The van der Waals surface area contributed by atoms with Crippen LogP contribution in [0, 0.1) is 11.3 Å². The second kappa shape index (κ2) is 7.87. The Balaban J connectivity index is 4.08. The van der Waals surface area contributed by atoms with Gasteiger partial charge in [0.15, 0.2) is 0 Å². The lowest BCUT2D eigenvalue weighted by atomic mass is 9.95. The quantitative estimate of drug-likeness (QED) is 0.654. The van der Waals surface area contributed by atoms with Gasteiger partial charge in [-0.3, -0.25) is 14.4 Å². The second-order valence-corrected chi connectivity index (χ2v) is 6.23. The van der Waals surface area contributed by atoms with Crippen LogP contribution in [-0.4, -0.2) is 35.5 Å². The zero-order valence-corrected chi connectivity index (χ0v) is 12.9. The summed E-state index contributed by atoms with van der Waals surface area (Å²) < 4.78 is 0. The molecule has 0 aliphatic heterocycles. The number of rotatable bonds is 7. The van der Waals surface area contributed by atoms with E-state index in [0.29, 0.717) is 13.0 Å². The number of aliphatic carboxylic acids is 1. The molecule has 0 heterocycles. The molecule has 0 saturated carbocycles. The van der Waals surface area contributed by atoms with Crippen LogP contribution >= 0.6 is 0 Å². The van der Waals surface area contributed by atoms with Crippen LogP contribution in [0.3, 0.4) is 0 Å². The minimum Gasteiger partial charge on any atom is -0.481 e. The van der Waals surface area contributed by atoms with Crippen LogP contribution in [0.15, 0.2) is 0 Å². The fourth-order valence-corrected chi connectivity index (χ4v) is 1.38. The molecule has 0 bridgehead atoms. The van der Waals surface area contributed by atoms with Crippen molar-refractivity contribution in [1.29, 1.82) is 0 Å². The molecule has 20 heavy (non-hydrogen) atoms. The van der Waals surface area contributed by atoms with E-state index in [9.17, 15) is 14.4 Å². The Morgan fingerprint density at radius 3 is 2.15 bits per heavy atom. The van der Waals surface area contributed by atoms with Crippen molar-refractivity contribution in [2.24, 2.45) is 11.3 Å². The number of amides is 2. The van der Waals surface area contributed by atoms with Crippen LogP contribution in [0.4, 0.5) is 0 Å². The minimum absolute atomic E-state index is 0.0839. The summed E-state index contributed by atoms with van der Waals surface area (Å²) >= 11 is 0. The fraction of sp³-hybridized carbons (Fsp3) is 0.786. The van der Waals surface area contributed by atoms with Crippen molar-refractivity contribution >= 4 is 17.8 Å². The van der Waals surface area contributed by atoms with Crippen molar-refractivity contribution in [3.05, 3.63) is 0 Å². The summed E-state index contributed by atoms with van der Waals surface area (Å²) in [6.45, 7) is 9.24. The van der Waals surface area contributed by atoms with Crippen LogP contribution in [0.25, 0.3) is 0 Å². The standard InChI is InChI=1S/C14H26N2O4/c1-9(6-7-11(17)18)8-15-12(19)10(2)16-13(20)14(3,4)5/h9-10H,6-8H2,1-5H3,(H,15,19)(H,16,20)(H,17,18). The maximum absolute atomic E-state index is 11.8. The number of carboxylic acid groups (broad SMARTS) is 1. The highest BCUT2D eigenvalue weighted by Crippen LogP contribution is 2.12. The van der Waals surface area contributed by atoms with Crippen molar-refractivity contribution < 1.29 is 19.5 Å². The van der Waals surface area contributed by atoms with E-state index in [1.165, 1.54) is 0 Å². The molecule has 116 valence electrons. The number of hydrogen-bond acceptors (Lipinski definition) is 3. The highest BCUT2D eigenvalue weighted by Gasteiger charge is 2.25. The normalized spacial score (nSPS) is 14.2. The van der Waals surface area contributed by atoms with Crippen LogP contribution in [0.2, 0.25) is 0 Å². The molecular formula is C14H26N2O4. The fourth-order valence-electron chi connectivity index (χ4n) is 1.38. The average molecular weight is 286 g/mol. The molecule has 0 aliphatic rings. The van der Waals surface area contributed by atoms with Crippen molar-refractivity contribution in [3.8, 4) is 0 Å². The molecule has 6 heteroatoms. The molecule has 3 N–H and O–H groups in total. The van der Waals surface area contributed by atoms with Crippen molar-refractivity contribution in [2.45, 2.75) is 53.5 Å². The maximum Gasteiger partial charge on any atom is 0.303 e. The van der Waals surface area contributed by atoms with Crippen LogP contribution in [0.1, 0.15) is 47.5 Å².